The zero-order valence-corrected chi connectivity index (χ0v) is 16.1. The predicted molar refractivity (Wildman–Crippen MR) is 103 cm³/mol. The second-order valence-corrected chi connectivity index (χ2v) is 6.26. The first-order chi connectivity index (χ1) is 9.79. The molecule has 1 unspecified atom stereocenters. The molecule has 0 aliphatic carbocycles. The Bertz CT molecular complexity index is 402. The van der Waals surface area contributed by atoms with Gasteiger partial charge in [-0.25, -0.2) is 0 Å². The Labute approximate surface area is 149 Å². The number of nitrogens with zero attached hydrogens (tertiary/aromatic N) is 2. The van der Waals surface area contributed by atoms with Crippen LogP contribution in [0.15, 0.2) is 22.5 Å². The van der Waals surface area contributed by atoms with Gasteiger partial charge in [0.25, 0.3) is 0 Å². The SMILES string of the molecule is CN=C(NCCN1CCCCC1)NC(C)c1cccs1.I. The molecule has 2 rings (SSSR count). The molecule has 21 heavy (non-hydrogen) atoms. The molecule has 1 aromatic rings. The molecule has 0 bridgehead atoms. The van der Waals surface area contributed by atoms with E-state index in [0.29, 0.717) is 6.04 Å². The number of piperidine rings is 1. The van der Waals surface area contributed by atoms with E-state index in [1.54, 1.807) is 11.3 Å². The first-order valence-electron chi connectivity index (χ1n) is 7.52. The van der Waals surface area contributed by atoms with Crippen LogP contribution in [0.25, 0.3) is 0 Å². The minimum absolute atomic E-state index is 0. The van der Waals surface area contributed by atoms with Crippen LogP contribution in [0.1, 0.15) is 37.1 Å². The normalized spacial score (nSPS) is 17.9. The molecule has 0 radical (unpaired) electrons. The van der Waals surface area contributed by atoms with E-state index < -0.39 is 0 Å². The van der Waals surface area contributed by atoms with Gasteiger partial charge in [-0.15, -0.1) is 35.3 Å². The third-order valence-corrected chi connectivity index (χ3v) is 4.77. The van der Waals surface area contributed by atoms with Crippen LogP contribution in [-0.2, 0) is 0 Å². The lowest BCUT2D eigenvalue weighted by Crippen LogP contribution is -2.43. The first kappa shape index (κ1) is 18.7. The van der Waals surface area contributed by atoms with Crippen molar-refractivity contribution < 1.29 is 0 Å². The maximum absolute atomic E-state index is 4.30. The van der Waals surface area contributed by atoms with Gasteiger partial charge in [-0.05, 0) is 44.3 Å². The summed E-state index contributed by atoms with van der Waals surface area (Å²) in [6.45, 7) is 6.73. The van der Waals surface area contributed by atoms with E-state index in [0.717, 1.165) is 19.0 Å². The molecule has 1 aliphatic rings. The number of halogens is 1. The minimum Gasteiger partial charge on any atom is -0.355 e. The number of likely N-dealkylation sites (tertiary alicyclic amines) is 1. The van der Waals surface area contributed by atoms with E-state index in [-0.39, 0.29) is 24.0 Å². The summed E-state index contributed by atoms with van der Waals surface area (Å²) in [6.07, 6.45) is 4.09. The number of hydrogen-bond acceptors (Lipinski definition) is 3. The summed E-state index contributed by atoms with van der Waals surface area (Å²) >= 11 is 1.78. The fourth-order valence-electron chi connectivity index (χ4n) is 2.52. The summed E-state index contributed by atoms with van der Waals surface area (Å²) in [5, 5.41) is 8.96. The van der Waals surface area contributed by atoms with Gasteiger partial charge in [-0.3, -0.25) is 4.99 Å². The van der Waals surface area contributed by atoms with Gasteiger partial charge in [-0.1, -0.05) is 12.5 Å². The molecular formula is C15H27IN4S. The maximum Gasteiger partial charge on any atom is 0.191 e. The minimum atomic E-state index is 0. The van der Waals surface area contributed by atoms with Gasteiger partial charge < -0.3 is 15.5 Å². The summed E-state index contributed by atoms with van der Waals surface area (Å²) in [5.74, 6) is 0.892. The van der Waals surface area contributed by atoms with Crippen molar-refractivity contribution in [1.29, 1.82) is 0 Å². The Kier molecular flexibility index (Phi) is 9.26. The van der Waals surface area contributed by atoms with E-state index in [4.69, 9.17) is 0 Å². The van der Waals surface area contributed by atoms with Crippen molar-refractivity contribution in [3.8, 4) is 0 Å². The smallest absolute Gasteiger partial charge is 0.191 e. The molecule has 120 valence electrons. The van der Waals surface area contributed by atoms with Crippen LogP contribution in [0.2, 0.25) is 0 Å². The van der Waals surface area contributed by atoms with Crippen molar-refractivity contribution in [2.24, 2.45) is 4.99 Å². The largest absolute Gasteiger partial charge is 0.355 e. The molecule has 0 aromatic carbocycles. The monoisotopic (exact) mass is 422 g/mol. The van der Waals surface area contributed by atoms with E-state index in [1.165, 1.54) is 37.2 Å². The second kappa shape index (κ2) is 10.4. The Balaban J connectivity index is 0.00000220. The Morgan fingerprint density at radius 2 is 2.14 bits per heavy atom. The lowest BCUT2D eigenvalue weighted by atomic mass is 10.1. The molecule has 1 fully saturated rings. The average molecular weight is 422 g/mol. The van der Waals surface area contributed by atoms with E-state index in [2.05, 4.69) is 45.0 Å². The van der Waals surface area contributed by atoms with Gasteiger partial charge in [-0.2, -0.15) is 0 Å². The molecule has 1 atom stereocenters. The van der Waals surface area contributed by atoms with Crippen LogP contribution < -0.4 is 10.6 Å². The summed E-state index contributed by atoms with van der Waals surface area (Å²) in [6, 6.07) is 4.55. The summed E-state index contributed by atoms with van der Waals surface area (Å²) < 4.78 is 0. The van der Waals surface area contributed by atoms with Crippen molar-refractivity contribution >= 4 is 41.3 Å². The molecule has 2 N–H and O–H groups in total. The number of aliphatic imine (C=N–C) groups is 1. The zero-order valence-electron chi connectivity index (χ0n) is 13.0. The second-order valence-electron chi connectivity index (χ2n) is 5.28. The van der Waals surface area contributed by atoms with Crippen LogP contribution in [0, 0.1) is 0 Å². The standard InChI is InChI=1S/C15H26N4S.HI/c1-13(14-7-6-12-20-14)18-15(16-2)17-8-11-19-9-4-3-5-10-19;/h6-7,12-13H,3-5,8-11H2,1-2H3,(H2,16,17,18);1H. The Morgan fingerprint density at radius 3 is 2.76 bits per heavy atom. The van der Waals surface area contributed by atoms with Crippen LogP contribution in [0.5, 0.6) is 0 Å². The number of guanidine groups is 1. The third kappa shape index (κ3) is 6.52. The zero-order chi connectivity index (χ0) is 14.2. The number of nitrogens with one attached hydrogen (secondary N) is 2. The predicted octanol–water partition coefficient (Wildman–Crippen LogP) is 3.08. The average Bonchev–Trinajstić information content (AvgIpc) is 3.01. The van der Waals surface area contributed by atoms with Gasteiger partial charge >= 0.3 is 0 Å². The van der Waals surface area contributed by atoms with Crippen molar-refractivity contribution in [3.05, 3.63) is 22.4 Å². The number of thiophene rings is 1. The third-order valence-electron chi connectivity index (χ3n) is 3.72. The summed E-state index contributed by atoms with van der Waals surface area (Å²) in [4.78, 5) is 8.17. The number of rotatable bonds is 5. The molecule has 2 heterocycles. The van der Waals surface area contributed by atoms with Gasteiger partial charge in [0.2, 0.25) is 0 Å². The molecule has 6 heteroatoms. The highest BCUT2D eigenvalue weighted by molar-refractivity contribution is 14.0. The Hall–Kier alpha value is -0.340. The molecule has 4 nitrogen and oxygen atoms in total. The van der Waals surface area contributed by atoms with Crippen LogP contribution >= 0.6 is 35.3 Å². The Morgan fingerprint density at radius 1 is 1.38 bits per heavy atom. The van der Waals surface area contributed by atoms with Crippen molar-refractivity contribution in [2.75, 3.05) is 33.2 Å². The van der Waals surface area contributed by atoms with Crippen molar-refractivity contribution in [1.82, 2.24) is 15.5 Å². The summed E-state index contributed by atoms with van der Waals surface area (Å²) in [5.41, 5.74) is 0. The molecule has 1 aromatic heterocycles. The highest BCUT2D eigenvalue weighted by Crippen LogP contribution is 2.17. The van der Waals surface area contributed by atoms with Crippen LogP contribution in [0.4, 0.5) is 0 Å². The van der Waals surface area contributed by atoms with E-state index >= 15 is 0 Å². The highest BCUT2D eigenvalue weighted by Gasteiger charge is 2.11. The van der Waals surface area contributed by atoms with Crippen molar-refractivity contribution in [3.63, 3.8) is 0 Å². The molecular weight excluding hydrogens is 395 g/mol. The van der Waals surface area contributed by atoms with Crippen molar-refractivity contribution in [2.45, 2.75) is 32.2 Å². The van der Waals surface area contributed by atoms with E-state index in [9.17, 15) is 0 Å². The quantitative estimate of drug-likeness (QED) is 0.435. The molecule has 0 spiro atoms. The lowest BCUT2D eigenvalue weighted by molar-refractivity contribution is 0.232. The fourth-order valence-corrected chi connectivity index (χ4v) is 3.26. The maximum atomic E-state index is 4.30. The topological polar surface area (TPSA) is 39.7 Å². The number of hydrogen-bond donors (Lipinski definition) is 2. The first-order valence-corrected chi connectivity index (χ1v) is 8.40. The fraction of sp³-hybridized carbons (Fsp3) is 0.667. The molecule has 1 aliphatic heterocycles. The van der Waals surface area contributed by atoms with E-state index in [1.807, 2.05) is 7.05 Å². The highest BCUT2D eigenvalue weighted by atomic mass is 127. The summed E-state index contributed by atoms with van der Waals surface area (Å²) in [7, 11) is 1.83. The molecule has 0 amide bonds. The van der Waals surface area contributed by atoms with Gasteiger partial charge in [0, 0.05) is 25.0 Å². The van der Waals surface area contributed by atoms with Gasteiger partial charge in [0.05, 0.1) is 6.04 Å². The van der Waals surface area contributed by atoms with Gasteiger partial charge in [0.1, 0.15) is 0 Å². The molecule has 1 saturated heterocycles. The lowest BCUT2D eigenvalue weighted by Gasteiger charge is -2.27. The van der Waals surface area contributed by atoms with Gasteiger partial charge in [0.15, 0.2) is 5.96 Å². The molecule has 0 saturated carbocycles. The van der Waals surface area contributed by atoms with Crippen LogP contribution in [-0.4, -0.2) is 44.1 Å². The van der Waals surface area contributed by atoms with Crippen LogP contribution in [0.3, 0.4) is 0 Å².